The van der Waals surface area contributed by atoms with E-state index in [0.717, 1.165) is 50.4 Å². The van der Waals surface area contributed by atoms with E-state index in [4.69, 9.17) is 4.74 Å². The van der Waals surface area contributed by atoms with Gasteiger partial charge in [0.2, 0.25) is 0 Å². The third kappa shape index (κ3) is 4.37. The molecule has 0 aromatic heterocycles. The first-order valence-electron chi connectivity index (χ1n) is 8.38. The number of ether oxygens (including phenoxy) is 1. The monoisotopic (exact) mass is 281 g/mol. The van der Waals surface area contributed by atoms with E-state index >= 15 is 0 Å². The Kier molecular flexibility index (Phi) is 6.64. The Hall–Kier alpha value is -0.770. The van der Waals surface area contributed by atoms with Crippen molar-refractivity contribution in [1.29, 1.82) is 0 Å². The molecule has 1 aliphatic heterocycles. The summed E-state index contributed by atoms with van der Waals surface area (Å²) in [6.07, 6.45) is 7.98. The number of aliphatic imine (C=N–C) groups is 1. The van der Waals surface area contributed by atoms with Gasteiger partial charge in [0.15, 0.2) is 5.96 Å². The van der Waals surface area contributed by atoms with E-state index in [1.807, 2.05) is 14.0 Å². The van der Waals surface area contributed by atoms with Crippen LogP contribution < -0.4 is 5.32 Å². The zero-order valence-electron chi connectivity index (χ0n) is 13.2. The second-order valence-corrected chi connectivity index (χ2v) is 6.09. The Bertz CT molecular complexity index is 292. The van der Waals surface area contributed by atoms with Crippen molar-refractivity contribution >= 4 is 5.96 Å². The minimum absolute atomic E-state index is 0.825. The lowest BCUT2D eigenvalue weighted by Gasteiger charge is -2.22. The first-order chi connectivity index (χ1) is 9.85. The van der Waals surface area contributed by atoms with E-state index in [2.05, 4.69) is 15.2 Å². The molecule has 2 rings (SSSR count). The molecule has 1 aliphatic carbocycles. The molecule has 0 bridgehead atoms. The van der Waals surface area contributed by atoms with Crippen molar-refractivity contribution in [2.45, 2.75) is 45.4 Å². The molecule has 0 radical (unpaired) electrons. The van der Waals surface area contributed by atoms with Gasteiger partial charge in [-0.15, -0.1) is 0 Å². The van der Waals surface area contributed by atoms with Gasteiger partial charge in [-0.25, -0.2) is 0 Å². The molecular weight excluding hydrogens is 250 g/mol. The summed E-state index contributed by atoms with van der Waals surface area (Å²) in [5, 5.41) is 3.52. The second kappa shape index (κ2) is 8.50. The molecular formula is C16H31N3O. The van der Waals surface area contributed by atoms with Gasteiger partial charge in [-0.3, -0.25) is 4.99 Å². The number of likely N-dealkylation sites (tertiary alicyclic amines) is 1. The van der Waals surface area contributed by atoms with Crippen molar-refractivity contribution in [3.05, 3.63) is 0 Å². The maximum Gasteiger partial charge on any atom is 0.193 e. The van der Waals surface area contributed by atoms with Crippen molar-refractivity contribution in [1.82, 2.24) is 10.2 Å². The first-order valence-corrected chi connectivity index (χ1v) is 8.38. The highest BCUT2D eigenvalue weighted by Gasteiger charge is 2.35. The van der Waals surface area contributed by atoms with E-state index in [1.165, 1.54) is 38.8 Å². The van der Waals surface area contributed by atoms with Gasteiger partial charge in [0.1, 0.15) is 0 Å². The lowest BCUT2D eigenvalue weighted by atomic mass is 9.82. The van der Waals surface area contributed by atoms with Crippen molar-refractivity contribution in [3.8, 4) is 0 Å². The van der Waals surface area contributed by atoms with Crippen molar-refractivity contribution in [2.24, 2.45) is 16.8 Å². The quantitative estimate of drug-likeness (QED) is 0.462. The van der Waals surface area contributed by atoms with Crippen LogP contribution in [0.25, 0.3) is 0 Å². The number of unbranched alkanes of at least 4 members (excludes halogenated alkanes) is 1. The van der Waals surface area contributed by atoms with Crippen LogP contribution in [-0.4, -0.2) is 50.8 Å². The normalized spacial score (nSPS) is 26.7. The van der Waals surface area contributed by atoms with Crippen molar-refractivity contribution in [2.75, 3.05) is 39.9 Å². The molecule has 1 heterocycles. The first kappa shape index (κ1) is 15.6. The van der Waals surface area contributed by atoms with Gasteiger partial charge in [-0.1, -0.05) is 12.8 Å². The maximum absolute atomic E-state index is 5.36. The Balaban J connectivity index is 1.67. The predicted octanol–water partition coefficient (Wildman–Crippen LogP) is 2.50. The van der Waals surface area contributed by atoms with Gasteiger partial charge in [-0.2, -0.15) is 0 Å². The molecule has 0 spiro atoms. The SMILES string of the molecule is CCOCCCCNC(=NC)N1CC2CCCCC2C1. The molecule has 1 saturated carbocycles. The van der Waals surface area contributed by atoms with E-state index in [9.17, 15) is 0 Å². The highest BCUT2D eigenvalue weighted by molar-refractivity contribution is 5.80. The van der Waals surface area contributed by atoms with E-state index < -0.39 is 0 Å². The molecule has 1 N–H and O–H groups in total. The number of rotatable bonds is 6. The van der Waals surface area contributed by atoms with Crippen LogP contribution in [0, 0.1) is 11.8 Å². The van der Waals surface area contributed by atoms with Gasteiger partial charge in [0.25, 0.3) is 0 Å². The van der Waals surface area contributed by atoms with Crippen LogP contribution in [0.3, 0.4) is 0 Å². The molecule has 2 atom stereocenters. The Morgan fingerprint density at radius 2 is 1.90 bits per heavy atom. The van der Waals surface area contributed by atoms with E-state index in [1.54, 1.807) is 0 Å². The third-order valence-electron chi connectivity index (χ3n) is 4.69. The summed E-state index contributed by atoms with van der Waals surface area (Å²) < 4.78 is 5.36. The molecule has 2 aliphatic rings. The smallest absolute Gasteiger partial charge is 0.193 e. The van der Waals surface area contributed by atoms with Crippen LogP contribution in [0.1, 0.15) is 45.4 Å². The van der Waals surface area contributed by atoms with Crippen LogP contribution in [-0.2, 0) is 4.74 Å². The molecule has 2 fully saturated rings. The molecule has 4 heteroatoms. The lowest BCUT2D eigenvalue weighted by molar-refractivity contribution is 0.143. The summed E-state index contributed by atoms with van der Waals surface area (Å²) in [5.41, 5.74) is 0. The van der Waals surface area contributed by atoms with Gasteiger partial charge in [-0.05, 0) is 44.4 Å². The number of guanidine groups is 1. The number of hydrogen-bond donors (Lipinski definition) is 1. The fourth-order valence-corrected chi connectivity index (χ4v) is 3.58. The number of nitrogens with zero attached hydrogens (tertiary/aromatic N) is 2. The fourth-order valence-electron chi connectivity index (χ4n) is 3.58. The zero-order valence-corrected chi connectivity index (χ0v) is 13.2. The molecule has 0 aromatic rings. The van der Waals surface area contributed by atoms with E-state index in [0.29, 0.717) is 0 Å². The van der Waals surface area contributed by atoms with E-state index in [-0.39, 0.29) is 0 Å². The van der Waals surface area contributed by atoms with Gasteiger partial charge >= 0.3 is 0 Å². The summed E-state index contributed by atoms with van der Waals surface area (Å²) in [6.45, 7) is 7.18. The summed E-state index contributed by atoms with van der Waals surface area (Å²) >= 11 is 0. The minimum atomic E-state index is 0.825. The molecule has 1 saturated heterocycles. The highest BCUT2D eigenvalue weighted by atomic mass is 16.5. The molecule has 0 amide bonds. The summed E-state index contributed by atoms with van der Waals surface area (Å²) in [7, 11) is 1.91. The topological polar surface area (TPSA) is 36.9 Å². The average Bonchev–Trinajstić information content (AvgIpc) is 2.90. The lowest BCUT2D eigenvalue weighted by Crippen LogP contribution is -2.40. The van der Waals surface area contributed by atoms with Gasteiger partial charge < -0.3 is 15.0 Å². The third-order valence-corrected chi connectivity index (χ3v) is 4.69. The van der Waals surface area contributed by atoms with Crippen LogP contribution in [0.15, 0.2) is 4.99 Å². The largest absolute Gasteiger partial charge is 0.382 e. The van der Waals surface area contributed by atoms with Gasteiger partial charge in [0, 0.05) is 39.9 Å². The molecule has 20 heavy (non-hydrogen) atoms. The maximum atomic E-state index is 5.36. The number of hydrogen-bond acceptors (Lipinski definition) is 2. The second-order valence-electron chi connectivity index (χ2n) is 6.09. The standard InChI is InChI=1S/C16H31N3O/c1-3-20-11-7-6-10-18-16(17-2)19-12-14-8-4-5-9-15(14)13-19/h14-15H,3-13H2,1-2H3,(H,17,18). The Morgan fingerprint density at radius 3 is 2.50 bits per heavy atom. The van der Waals surface area contributed by atoms with Crippen molar-refractivity contribution < 1.29 is 4.74 Å². The number of fused-ring (bicyclic) bond motifs is 1. The van der Waals surface area contributed by atoms with Gasteiger partial charge in [0.05, 0.1) is 0 Å². The van der Waals surface area contributed by atoms with Crippen LogP contribution in [0.4, 0.5) is 0 Å². The van der Waals surface area contributed by atoms with Crippen LogP contribution in [0.5, 0.6) is 0 Å². The summed E-state index contributed by atoms with van der Waals surface area (Å²) in [4.78, 5) is 6.94. The summed E-state index contributed by atoms with van der Waals surface area (Å²) in [5.74, 6) is 2.94. The molecule has 4 nitrogen and oxygen atoms in total. The zero-order chi connectivity index (χ0) is 14.2. The van der Waals surface area contributed by atoms with Crippen molar-refractivity contribution in [3.63, 3.8) is 0 Å². The average molecular weight is 281 g/mol. The molecule has 116 valence electrons. The molecule has 2 unspecified atom stereocenters. The van der Waals surface area contributed by atoms with Crippen LogP contribution >= 0.6 is 0 Å². The minimum Gasteiger partial charge on any atom is -0.382 e. The molecule has 0 aromatic carbocycles. The highest BCUT2D eigenvalue weighted by Crippen LogP contribution is 2.35. The fraction of sp³-hybridized carbons (Fsp3) is 0.938. The van der Waals surface area contributed by atoms with Crippen LogP contribution in [0.2, 0.25) is 0 Å². The Morgan fingerprint density at radius 1 is 1.20 bits per heavy atom. The Labute approximate surface area is 124 Å². The predicted molar refractivity (Wildman–Crippen MR) is 84.1 cm³/mol. The summed E-state index contributed by atoms with van der Waals surface area (Å²) in [6, 6.07) is 0. The number of nitrogens with one attached hydrogen (secondary N) is 1.